The lowest BCUT2D eigenvalue weighted by atomic mass is 9.88. The molecule has 1 rings (SSSR count). The van der Waals surface area contributed by atoms with Crippen molar-refractivity contribution in [2.45, 2.75) is 49.6 Å². The maximum Gasteiger partial charge on any atom is 0.364 e. The fraction of sp³-hybridized carbons (Fsp3) is 0.818. The van der Waals surface area contributed by atoms with Gasteiger partial charge in [0.1, 0.15) is 18.3 Å². The first kappa shape index (κ1) is 17.8. The number of aliphatic carboxylic acids is 1. The number of carbonyl (C=O) groups is 2. The van der Waals surface area contributed by atoms with Crippen molar-refractivity contribution in [3.05, 3.63) is 0 Å². The van der Waals surface area contributed by atoms with Crippen LogP contribution in [0.5, 0.6) is 0 Å². The van der Waals surface area contributed by atoms with Crippen molar-refractivity contribution in [2.75, 3.05) is 6.61 Å². The summed E-state index contributed by atoms with van der Waals surface area (Å²) in [5, 5.41) is 59.0. The molecule has 0 aliphatic carbocycles. The Morgan fingerprint density at radius 1 is 1.43 bits per heavy atom. The number of aliphatic hydroxyl groups excluding tert-OH is 4. The molecular formula is C11H19NO9. The lowest BCUT2D eigenvalue weighted by molar-refractivity contribution is -0.295. The van der Waals surface area contributed by atoms with Gasteiger partial charge in [0.25, 0.3) is 5.79 Å². The van der Waals surface area contributed by atoms with E-state index in [1.165, 1.54) is 0 Å². The second kappa shape index (κ2) is 6.64. The summed E-state index contributed by atoms with van der Waals surface area (Å²) in [5.41, 5.74) is 0. The van der Waals surface area contributed by atoms with E-state index < -0.39 is 61.1 Å². The van der Waals surface area contributed by atoms with Gasteiger partial charge in [-0.3, -0.25) is 4.79 Å². The zero-order chi connectivity index (χ0) is 16.4. The molecule has 0 saturated carbocycles. The molecule has 1 saturated heterocycles. The predicted molar refractivity (Wildman–Crippen MR) is 64.8 cm³/mol. The van der Waals surface area contributed by atoms with Gasteiger partial charge in [0.2, 0.25) is 5.91 Å². The third kappa shape index (κ3) is 3.87. The van der Waals surface area contributed by atoms with Crippen LogP contribution in [0.25, 0.3) is 0 Å². The predicted octanol–water partition coefficient (Wildman–Crippen LogP) is -3.87. The zero-order valence-electron chi connectivity index (χ0n) is 11.2. The molecule has 122 valence electrons. The Kier molecular flexibility index (Phi) is 5.61. The van der Waals surface area contributed by atoms with Crippen LogP contribution in [0.15, 0.2) is 0 Å². The minimum Gasteiger partial charge on any atom is -0.477 e. The van der Waals surface area contributed by atoms with Crippen LogP contribution in [0.4, 0.5) is 0 Å². The molecule has 6 atom stereocenters. The summed E-state index contributed by atoms with van der Waals surface area (Å²) in [6, 6.07) is -1.27. The second-order valence-corrected chi connectivity index (χ2v) is 4.91. The number of hydrogen-bond donors (Lipinski definition) is 7. The number of amides is 1. The molecule has 10 heteroatoms. The van der Waals surface area contributed by atoms with E-state index in [-0.39, 0.29) is 0 Å². The van der Waals surface area contributed by atoms with Crippen molar-refractivity contribution in [3.8, 4) is 0 Å². The Labute approximate surface area is 119 Å². The number of ether oxygens (including phenoxy) is 1. The Morgan fingerprint density at radius 3 is 2.43 bits per heavy atom. The fourth-order valence-corrected chi connectivity index (χ4v) is 2.14. The SMILES string of the molecule is CC(=O)N[C@@H]1C(O)C[C@](O)(C(=O)O)OC1C(O)C(O)CO. The zero-order valence-corrected chi connectivity index (χ0v) is 11.2. The highest BCUT2D eigenvalue weighted by atomic mass is 16.7. The fourth-order valence-electron chi connectivity index (χ4n) is 2.14. The third-order valence-electron chi connectivity index (χ3n) is 3.21. The van der Waals surface area contributed by atoms with Crippen molar-refractivity contribution >= 4 is 11.9 Å². The van der Waals surface area contributed by atoms with Gasteiger partial charge in [-0.15, -0.1) is 0 Å². The highest BCUT2D eigenvalue weighted by molar-refractivity contribution is 5.76. The van der Waals surface area contributed by atoms with E-state index in [1.54, 1.807) is 0 Å². The molecule has 1 amide bonds. The highest BCUT2D eigenvalue weighted by Gasteiger charge is 2.53. The summed E-state index contributed by atoms with van der Waals surface area (Å²) in [6.45, 7) is 0.256. The maximum atomic E-state index is 11.1. The van der Waals surface area contributed by atoms with Gasteiger partial charge in [0.05, 0.1) is 18.8 Å². The van der Waals surface area contributed by atoms with E-state index in [1.807, 2.05) is 0 Å². The lowest BCUT2D eigenvalue weighted by Gasteiger charge is -2.44. The average Bonchev–Trinajstić information content (AvgIpc) is 2.39. The monoisotopic (exact) mass is 309 g/mol. The highest BCUT2D eigenvalue weighted by Crippen LogP contribution is 2.30. The smallest absolute Gasteiger partial charge is 0.364 e. The number of nitrogens with one attached hydrogen (secondary N) is 1. The largest absolute Gasteiger partial charge is 0.477 e. The normalized spacial score (nSPS) is 35.8. The summed E-state index contributed by atoms with van der Waals surface area (Å²) < 4.78 is 4.86. The molecule has 0 spiro atoms. The molecule has 0 aromatic rings. The number of carboxylic acids is 1. The first-order valence-corrected chi connectivity index (χ1v) is 6.18. The third-order valence-corrected chi connectivity index (χ3v) is 3.21. The van der Waals surface area contributed by atoms with Gasteiger partial charge in [-0.25, -0.2) is 4.79 Å². The van der Waals surface area contributed by atoms with E-state index in [9.17, 15) is 30.0 Å². The molecule has 10 nitrogen and oxygen atoms in total. The number of carbonyl (C=O) groups excluding carboxylic acids is 1. The van der Waals surface area contributed by atoms with Crippen molar-refractivity contribution in [2.24, 2.45) is 0 Å². The van der Waals surface area contributed by atoms with Crippen LogP contribution in [0.3, 0.4) is 0 Å². The van der Waals surface area contributed by atoms with Crippen molar-refractivity contribution in [1.29, 1.82) is 0 Å². The van der Waals surface area contributed by atoms with Gasteiger partial charge >= 0.3 is 5.97 Å². The van der Waals surface area contributed by atoms with E-state index in [4.69, 9.17) is 14.9 Å². The quantitative estimate of drug-likeness (QED) is 0.268. The summed E-state index contributed by atoms with van der Waals surface area (Å²) in [6.07, 6.45) is -7.48. The Balaban J connectivity index is 3.07. The second-order valence-electron chi connectivity index (χ2n) is 4.91. The molecule has 0 aromatic heterocycles. The maximum absolute atomic E-state index is 11.1. The molecule has 21 heavy (non-hydrogen) atoms. The topological polar surface area (TPSA) is 177 Å². The van der Waals surface area contributed by atoms with E-state index >= 15 is 0 Å². The average molecular weight is 309 g/mol. The summed E-state index contributed by atoms with van der Waals surface area (Å²) in [5.74, 6) is -5.17. The van der Waals surface area contributed by atoms with Crippen LogP contribution in [0.2, 0.25) is 0 Å². The van der Waals surface area contributed by atoms with Crippen LogP contribution in [0, 0.1) is 0 Å². The molecule has 0 bridgehead atoms. The van der Waals surface area contributed by atoms with Crippen LogP contribution >= 0.6 is 0 Å². The molecule has 0 aromatic carbocycles. The molecule has 1 fully saturated rings. The minimum atomic E-state index is -2.78. The summed E-state index contributed by atoms with van der Waals surface area (Å²) >= 11 is 0. The number of aliphatic hydroxyl groups is 5. The Bertz CT molecular complexity index is 403. The van der Waals surface area contributed by atoms with E-state index in [0.29, 0.717) is 0 Å². The van der Waals surface area contributed by atoms with Crippen LogP contribution < -0.4 is 5.32 Å². The number of carboxylic acid groups (broad SMARTS) is 1. The molecule has 7 N–H and O–H groups in total. The van der Waals surface area contributed by atoms with Crippen molar-refractivity contribution in [3.63, 3.8) is 0 Å². The minimum absolute atomic E-state index is 0.598. The molecule has 1 aliphatic rings. The van der Waals surface area contributed by atoms with Crippen molar-refractivity contribution in [1.82, 2.24) is 5.32 Å². The van der Waals surface area contributed by atoms with Gasteiger partial charge in [0.15, 0.2) is 0 Å². The number of rotatable bonds is 5. The molecule has 1 aliphatic heterocycles. The first-order valence-electron chi connectivity index (χ1n) is 6.18. The van der Waals surface area contributed by atoms with Crippen LogP contribution in [0.1, 0.15) is 13.3 Å². The van der Waals surface area contributed by atoms with Gasteiger partial charge in [-0.2, -0.15) is 0 Å². The van der Waals surface area contributed by atoms with E-state index in [0.717, 1.165) is 6.92 Å². The number of hydrogen-bond acceptors (Lipinski definition) is 8. The summed E-state index contributed by atoms with van der Waals surface area (Å²) in [4.78, 5) is 22.1. The summed E-state index contributed by atoms with van der Waals surface area (Å²) in [7, 11) is 0. The Hall–Kier alpha value is -1.30. The lowest BCUT2D eigenvalue weighted by Crippen LogP contribution is -2.67. The molecule has 0 radical (unpaired) electrons. The van der Waals surface area contributed by atoms with Gasteiger partial charge in [-0.05, 0) is 0 Å². The van der Waals surface area contributed by atoms with Crippen molar-refractivity contribution < 1.29 is 45.0 Å². The van der Waals surface area contributed by atoms with Gasteiger partial charge in [-0.1, -0.05) is 0 Å². The molecule has 4 unspecified atom stereocenters. The van der Waals surface area contributed by atoms with Gasteiger partial charge in [0, 0.05) is 13.3 Å². The molecular weight excluding hydrogens is 290 g/mol. The van der Waals surface area contributed by atoms with Gasteiger partial charge < -0.3 is 40.7 Å². The van der Waals surface area contributed by atoms with E-state index in [2.05, 4.69) is 5.32 Å². The molecule has 1 heterocycles. The van der Waals surface area contributed by atoms with Crippen LogP contribution in [-0.4, -0.2) is 85.4 Å². The first-order chi connectivity index (χ1) is 9.62. The Morgan fingerprint density at radius 2 is 2.00 bits per heavy atom. The van der Waals surface area contributed by atoms with Crippen LogP contribution in [-0.2, 0) is 14.3 Å². The standard InChI is InChI=1S/C11H19NO9/c1-4(14)12-7-5(15)2-11(20,10(18)19)21-9(7)8(17)6(16)3-13/h5-9,13,15-17,20H,2-3H2,1H3,(H,12,14)(H,18,19)/t5?,6?,7-,8?,9?,11-/m1/s1.